The van der Waals surface area contributed by atoms with Gasteiger partial charge in [-0.1, -0.05) is 50.7 Å². The second-order valence-electron chi connectivity index (χ2n) is 3.49. The smallest absolute Gasteiger partial charge is 0.0822 e. The van der Waals surface area contributed by atoms with Crippen molar-refractivity contribution in [3.63, 3.8) is 0 Å². The zero-order valence-corrected chi connectivity index (χ0v) is 9.28. The Hall–Kier alpha value is 0.0500. The minimum absolute atomic E-state index is 0.106. The van der Waals surface area contributed by atoms with Crippen molar-refractivity contribution in [3.8, 4) is 0 Å². The van der Waals surface area contributed by atoms with Gasteiger partial charge in [0.15, 0.2) is 0 Å². The van der Waals surface area contributed by atoms with Crippen molar-refractivity contribution in [1.29, 1.82) is 0 Å². The Balaban J connectivity index is 2.79. The normalized spacial score (nSPS) is 10.2. The molecule has 13 heavy (non-hydrogen) atoms. The molecule has 0 atom stereocenters. The maximum absolute atomic E-state index is 10.1. The fourth-order valence-corrected chi connectivity index (χ4v) is 1.56. The average molecular weight is 201 g/mol. The van der Waals surface area contributed by atoms with Crippen LogP contribution in [0.2, 0.25) is 0 Å². The molecular formula is C11H21OS. The van der Waals surface area contributed by atoms with E-state index in [2.05, 4.69) is 0 Å². The van der Waals surface area contributed by atoms with Crippen LogP contribution in [0.1, 0.15) is 57.8 Å². The molecule has 0 heterocycles. The molecule has 0 bridgehead atoms. The number of thiocarbonyl (C=S) groups is 1. The Kier molecular flexibility index (Phi) is 12.1. The van der Waals surface area contributed by atoms with E-state index < -0.39 is 0 Å². The summed E-state index contributed by atoms with van der Waals surface area (Å²) in [5.41, 5.74) is 0. The highest BCUT2D eigenvalue weighted by Gasteiger charge is 1.91. The SMILES string of the molecule is [O]CCCCCCCCCCC=S. The molecule has 0 N–H and O–H groups in total. The fraction of sp³-hybridized carbons (Fsp3) is 0.909. The third-order valence-electron chi connectivity index (χ3n) is 2.22. The summed E-state index contributed by atoms with van der Waals surface area (Å²) in [7, 11) is 0. The second kappa shape index (κ2) is 12.0. The Morgan fingerprint density at radius 3 is 1.69 bits per heavy atom. The first kappa shape index (κ1) is 13.1. The van der Waals surface area contributed by atoms with Crippen molar-refractivity contribution in [2.24, 2.45) is 0 Å². The molecule has 2 heteroatoms. The summed E-state index contributed by atoms with van der Waals surface area (Å²) in [6.07, 6.45) is 10.9. The Morgan fingerprint density at radius 1 is 0.769 bits per heavy atom. The highest BCUT2D eigenvalue weighted by molar-refractivity contribution is 7.78. The van der Waals surface area contributed by atoms with Crippen LogP contribution >= 0.6 is 12.2 Å². The summed E-state index contributed by atoms with van der Waals surface area (Å²) >= 11 is 4.75. The minimum atomic E-state index is 0.106. The van der Waals surface area contributed by atoms with Crippen molar-refractivity contribution in [2.75, 3.05) is 6.61 Å². The van der Waals surface area contributed by atoms with Gasteiger partial charge in [0.05, 0.1) is 6.61 Å². The van der Waals surface area contributed by atoms with Crippen molar-refractivity contribution < 1.29 is 5.11 Å². The van der Waals surface area contributed by atoms with E-state index in [1.54, 1.807) is 0 Å². The third kappa shape index (κ3) is 12.1. The van der Waals surface area contributed by atoms with Gasteiger partial charge < -0.3 is 0 Å². The van der Waals surface area contributed by atoms with Gasteiger partial charge in [-0.2, -0.15) is 0 Å². The van der Waals surface area contributed by atoms with Gasteiger partial charge in [0.25, 0.3) is 0 Å². The standard InChI is InChI=1S/C11H21OS/c12-10-8-6-4-2-1-3-5-7-9-11-13/h11H,1-10H2. The molecular weight excluding hydrogens is 180 g/mol. The van der Waals surface area contributed by atoms with E-state index in [0.29, 0.717) is 0 Å². The van der Waals surface area contributed by atoms with Crippen LogP contribution in [0.4, 0.5) is 0 Å². The lowest BCUT2D eigenvalue weighted by molar-refractivity contribution is 0.186. The van der Waals surface area contributed by atoms with E-state index in [-0.39, 0.29) is 6.61 Å². The summed E-state index contributed by atoms with van der Waals surface area (Å²) in [5.74, 6) is 0. The highest BCUT2D eigenvalue weighted by atomic mass is 32.1. The molecule has 0 aromatic carbocycles. The predicted octanol–water partition coefficient (Wildman–Crippen LogP) is 3.93. The first-order chi connectivity index (χ1) is 6.41. The quantitative estimate of drug-likeness (QED) is 0.387. The largest absolute Gasteiger partial charge is 0.237 e. The van der Waals surface area contributed by atoms with Gasteiger partial charge in [0, 0.05) is 0 Å². The first-order valence-corrected chi connectivity index (χ1v) is 5.90. The van der Waals surface area contributed by atoms with E-state index in [4.69, 9.17) is 12.2 Å². The molecule has 0 aliphatic heterocycles. The summed E-state index contributed by atoms with van der Waals surface area (Å²) in [5, 5.41) is 12.0. The van der Waals surface area contributed by atoms with Crippen LogP contribution in [-0.4, -0.2) is 12.0 Å². The fourth-order valence-electron chi connectivity index (χ4n) is 1.39. The summed E-state index contributed by atoms with van der Waals surface area (Å²) in [6, 6.07) is 0. The van der Waals surface area contributed by atoms with Crippen molar-refractivity contribution in [1.82, 2.24) is 0 Å². The van der Waals surface area contributed by atoms with Crippen LogP contribution in [0.5, 0.6) is 0 Å². The van der Waals surface area contributed by atoms with E-state index in [9.17, 15) is 5.11 Å². The lowest BCUT2D eigenvalue weighted by Crippen LogP contribution is -1.83. The van der Waals surface area contributed by atoms with Crippen LogP contribution in [0, 0.1) is 0 Å². The van der Waals surface area contributed by atoms with E-state index >= 15 is 0 Å². The summed E-state index contributed by atoms with van der Waals surface area (Å²) in [6.45, 7) is 0.106. The summed E-state index contributed by atoms with van der Waals surface area (Å²) < 4.78 is 0. The lowest BCUT2D eigenvalue weighted by Gasteiger charge is -1.99. The summed E-state index contributed by atoms with van der Waals surface area (Å²) in [4.78, 5) is 0. The Bertz CT molecular complexity index is 104. The van der Waals surface area contributed by atoms with Crippen molar-refractivity contribution in [2.45, 2.75) is 57.8 Å². The number of unbranched alkanes of at least 4 members (excludes halogenated alkanes) is 8. The molecule has 0 aliphatic carbocycles. The van der Waals surface area contributed by atoms with Crippen LogP contribution in [0.25, 0.3) is 0 Å². The second-order valence-corrected chi connectivity index (χ2v) is 3.82. The first-order valence-electron chi connectivity index (χ1n) is 5.43. The molecule has 1 nitrogen and oxygen atoms in total. The van der Waals surface area contributed by atoms with E-state index in [0.717, 1.165) is 19.3 Å². The monoisotopic (exact) mass is 201 g/mol. The predicted molar refractivity (Wildman–Crippen MR) is 60.8 cm³/mol. The number of hydrogen-bond donors (Lipinski definition) is 0. The van der Waals surface area contributed by atoms with Gasteiger partial charge in [-0.15, -0.1) is 0 Å². The molecule has 0 fully saturated rings. The minimum Gasteiger partial charge on any atom is -0.237 e. The third-order valence-corrected chi connectivity index (χ3v) is 2.45. The molecule has 0 rings (SSSR count). The molecule has 0 saturated carbocycles. The Labute approximate surface area is 87.5 Å². The molecule has 0 aliphatic rings. The maximum Gasteiger partial charge on any atom is 0.0822 e. The molecule has 0 amide bonds. The van der Waals surface area contributed by atoms with Gasteiger partial charge in [0.2, 0.25) is 0 Å². The van der Waals surface area contributed by atoms with Gasteiger partial charge in [0.1, 0.15) is 0 Å². The molecule has 0 aromatic rings. The topological polar surface area (TPSA) is 19.9 Å². The maximum atomic E-state index is 10.1. The Morgan fingerprint density at radius 2 is 1.23 bits per heavy atom. The van der Waals surface area contributed by atoms with Gasteiger partial charge in [-0.25, -0.2) is 5.11 Å². The molecule has 0 aromatic heterocycles. The van der Waals surface area contributed by atoms with Crippen LogP contribution in [0.3, 0.4) is 0 Å². The number of rotatable bonds is 10. The van der Waals surface area contributed by atoms with Gasteiger partial charge >= 0.3 is 0 Å². The lowest BCUT2D eigenvalue weighted by atomic mass is 10.1. The molecule has 0 spiro atoms. The van der Waals surface area contributed by atoms with Crippen molar-refractivity contribution in [3.05, 3.63) is 0 Å². The van der Waals surface area contributed by atoms with Gasteiger partial charge in [-0.05, 0) is 24.6 Å². The molecule has 1 radical (unpaired) electrons. The van der Waals surface area contributed by atoms with Gasteiger partial charge in [-0.3, -0.25) is 0 Å². The highest BCUT2D eigenvalue weighted by Crippen LogP contribution is 2.08. The molecule has 0 saturated heterocycles. The zero-order chi connectivity index (χ0) is 9.78. The molecule has 77 valence electrons. The van der Waals surface area contributed by atoms with E-state index in [1.807, 2.05) is 5.37 Å². The van der Waals surface area contributed by atoms with Crippen molar-refractivity contribution >= 4 is 17.6 Å². The number of hydrogen-bond acceptors (Lipinski definition) is 1. The van der Waals surface area contributed by atoms with Crippen LogP contribution < -0.4 is 0 Å². The zero-order valence-electron chi connectivity index (χ0n) is 8.46. The molecule has 0 unspecified atom stereocenters. The van der Waals surface area contributed by atoms with Crippen LogP contribution in [0.15, 0.2) is 0 Å². The van der Waals surface area contributed by atoms with E-state index in [1.165, 1.54) is 38.5 Å². The average Bonchev–Trinajstić information content (AvgIpc) is 2.16. The van der Waals surface area contributed by atoms with Crippen LogP contribution in [-0.2, 0) is 5.11 Å².